The fraction of sp³-hybridized carbons (Fsp3) is 0.375. The number of hydrogen-bond donors (Lipinski definition) is 1. The summed E-state index contributed by atoms with van der Waals surface area (Å²) in [6, 6.07) is 5.56. The lowest BCUT2D eigenvalue weighted by molar-refractivity contribution is -0.131. The summed E-state index contributed by atoms with van der Waals surface area (Å²) in [5.74, 6) is -1.89. The van der Waals surface area contributed by atoms with Crippen molar-refractivity contribution in [2.75, 3.05) is 0 Å². The molecule has 0 saturated carbocycles. The van der Waals surface area contributed by atoms with Gasteiger partial charge in [-0.1, -0.05) is 26.0 Å². The molecule has 6 heteroatoms. The highest BCUT2D eigenvalue weighted by molar-refractivity contribution is 6.23. The lowest BCUT2D eigenvalue weighted by Gasteiger charge is -2.22. The van der Waals surface area contributed by atoms with Crippen molar-refractivity contribution in [2.24, 2.45) is 0 Å². The third kappa shape index (κ3) is 2.64. The molecule has 1 fully saturated rings. The van der Waals surface area contributed by atoms with Crippen molar-refractivity contribution >= 4 is 23.6 Å². The quantitative estimate of drug-likeness (QED) is 0.797. The molecule has 3 rings (SSSR count). The minimum atomic E-state index is -0.908. The minimum Gasteiger partial charge on any atom is -0.295 e. The molecule has 1 saturated heterocycles. The second-order valence-electron chi connectivity index (χ2n) is 4.85. The Morgan fingerprint density at radius 2 is 1.55 bits per heavy atom. The summed E-state index contributed by atoms with van der Waals surface area (Å²) < 4.78 is 0. The van der Waals surface area contributed by atoms with Crippen molar-refractivity contribution < 1.29 is 19.2 Å². The van der Waals surface area contributed by atoms with E-state index in [2.05, 4.69) is 5.32 Å². The first-order valence-electron chi connectivity index (χ1n) is 7.40. The fourth-order valence-corrected chi connectivity index (χ4v) is 2.61. The first kappa shape index (κ1) is 15.9. The van der Waals surface area contributed by atoms with Gasteiger partial charge in [-0.2, -0.15) is 0 Å². The standard InChI is InChI=1S/C14H12N2O4.C2H6/c17-11-7-3-6-10(12(18)15-11)16-13(19)8-4-1-2-5-9(8)14(16)20;1-2/h1-2,4-5,10H,3,6-7H2,(H,15,17,18);1-2H3. The molecule has 1 aromatic rings. The van der Waals surface area contributed by atoms with Crippen molar-refractivity contribution in [1.29, 1.82) is 0 Å². The van der Waals surface area contributed by atoms with Crippen LogP contribution in [-0.2, 0) is 9.59 Å². The predicted molar refractivity (Wildman–Crippen MR) is 79.1 cm³/mol. The molecule has 22 heavy (non-hydrogen) atoms. The van der Waals surface area contributed by atoms with E-state index in [1.165, 1.54) is 0 Å². The Morgan fingerprint density at radius 1 is 1.00 bits per heavy atom. The van der Waals surface area contributed by atoms with E-state index in [-0.39, 0.29) is 12.3 Å². The summed E-state index contributed by atoms with van der Waals surface area (Å²) in [5.41, 5.74) is 0.613. The molecule has 0 spiro atoms. The zero-order chi connectivity index (χ0) is 16.3. The van der Waals surface area contributed by atoms with Gasteiger partial charge < -0.3 is 0 Å². The maximum atomic E-state index is 12.3. The smallest absolute Gasteiger partial charge is 0.262 e. The van der Waals surface area contributed by atoms with Crippen LogP contribution in [0.25, 0.3) is 0 Å². The van der Waals surface area contributed by atoms with E-state index in [1.807, 2.05) is 13.8 Å². The molecular formula is C16H18N2O4. The van der Waals surface area contributed by atoms with Gasteiger partial charge in [0.25, 0.3) is 11.8 Å². The molecule has 4 amide bonds. The zero-order valence-corrected chi connectivity index (χ0v) is 12.6. The van der Waals surface area contributed by atoms with Gasteiger partial charge in [-0.3, -0.25) is 29.4 Å². The van der Waals surface area contributed by atoms with Gasteiger partial charge in [0.1, 0.15) is 6.04 Å². The molecule has 1 aromatic carbocycles. The van der Waals surface area contributed by atoms with Crippen molar-refractivity contribution in [3.63, 3.8) is 0 Å². The van der Waals surface area contributed by atoms with Crippen LogP contribution in [0.1, 0.15) is 53.8 Å². The van der Waals surface area contributed by atoms with Gasteiger partial charge in [0, 0.05) is 6.42 Å². The van der Waals surface area contributed by atoms with E-state index >= 15 is 0 Å². The van der Waals surface area contributed by atoms with Crippen LogP contribution in [0, 0.1) is 0 Å². The third-order valence-electron chi connectivity index (χ3n) is 3.58. The van der Waals surface area contributed by atoms with Crippen LogP contribution in [0.4, 0.5) is 0 Å². The van der Waals surface area contributed by atoms with E-state index in [0.29, 0.717) is 24.0 Å². The van der Waals surface area contributed by atoms with E-state index in [9.17, 15) is 19.2 Å². The SMILES string of the molecule is CC.O=C1CCCC(N2C(=O)c3ccccc3C2=O)C(=O)N1. The van der Waals surface area contributed by atoms with Gasteiger partial charge in [-0.25, -0.2) is 0 Å². The molecule has 1 N–H and O–H groups in total. The number of rotatable bonds is 1. The Labute approximate surface area is 128 Å². The Balaban J connectivity index is 0.000000847. The van der Waals surface area contributed by atoms with Crippen LogP contribution in [0.2, 0.25) is 0 Å². The number of fused-ring (bicyclic) bond motifs is 1. The van der Waals surface area contributed by atoms with Crippen LogP contribution < -0.4 is 5.32 Å². The molecule has 0 aliphatic carbocycles. The van der Waals surface area contributed by atoms with Crippen LogP contribution >= 0.6 is 0 Å². The maximum Gasteiger partial charge on any atom is 0.262 e. The highest BCUT2D eigenvalue weighted by Gasteiger charge is 2.43. The summed E-state index contributed by atoms with van der Waals surface area (Å²) in [6.07, 6.45) is 1.00. The second-order valence-corrected chi connectivity index (χ2v) is 4.85. The van der Waals surface area contributed by atoms with Crippen LogP contribution in [-0.4, -0.2) is 34.6 Å². The van der Waals surface area contributed by atoms with Gasteiger partial charge in [-0.05, 0) is 25.0 Å². The predicted octanol–water partition coefficient (Wildman–Crippen LogP) is 1.50. The number of imide groups is 2. The Hall–Kier alpha value is -2.50. The van der Waals surface area contributed by atoms with E-state index in [4.69, 9.17) is 0 Å². The Morgan fingerprint density at radius 3 is 2.09 bits per heavy atom. The molecule has 0 bridgehead atoms. The monoisotopic (exact) mass is 302 g/mol. The number of carbonyl (C=O) groups excluding carboxylic acids is 4. The highest BCUT2D eigenvalue weighted by Crippen LogP contribution is 2.27. The average Bonchev–Trinajstić information content (AvgIpc) is 2.67. The molecule has 0 aromatic heterocycles. The van der Waals surface area contributed by atoms with Gasteiger partial charge in [0.05, 0.1) is 11.1 Å². The maximum absolute atomic E-state index is 12.3. The first-order chi connectivity index (χ1) is 10.6. The van der Waals surface area contributed by atoms with E-state index < -0.39 is 23.8 Å². The molecule has 2 heterocycles. The molecule has 2 aliphatic rings. The summed E-state index contributed by atoms with van der Waals surface area (Å²) in [6.45, 7) is 4.00. The number of nitrogens with one attached hydrogen (secondary N) is 1. The van der Waals surface area contributed by atoms with Crippen molar-refractivity contribution in [3.05, 3.63) is 35.4 Å². The zero-order valence-electron chi connectivity index (χ0n) is 12.6. The van der Waals surface area contributed by atoms with E-state index in [1.54, 1.807) is 24.3 Å². The van der Waals surface area contributed by atoms with E-state index in [0.717, 1.165) is 4.90 Å². The van der Waals surface area contributed by atoms with Crippen molar-refractivity contribution in [3.8, 4) is 0 Å². The molecule has 0 radical (unpaired) electrons. The number of hydrogen-bond acceptors (Lipinski definition) is 4. The van der Waals surface area contributed by atoms with Crippen molar-refractivity contribution in [2.45, 2.75) is 39.2 Å². The number of nitrogens with zero attached hydrogens (tertiary/aromatic N) is 1. The molecule has 1 atom stereocenters. The fourth-order valence-electron chi connectivity index (χ4n) is 2.61. The van der Waals surface area contributed by atoms with Crippen LogP contribution in [0.5, 0.6) is 0 Å². The summed E-state index contributed by atoms with van der Waals surface area (Å²) in [5, 5.41) is 2.21. The van der Waals surface area contributed by atoms with Gasteiger partial charge >= 0.3 is 0 Å². The molecule has 2 aliphatic heterocycles. The second kappa shape index (κ2) is 6.51. The van der Waals surface area contributed by atoms with Crippen molar-refractivity contribution in [1.82, 2.24) is 10.2 Å². The molecule has 1 unspecified atom stereocenters. The number of amides is 4. The van der Waals surface area contributed by atoms with Crippen LogP contribution in [0.15, 0.2) is 24.3 Å². The normalized spacial score (nSPS) is 20.8. The van der Waals surface area contributed by atoms with Gasteiger partial charge in [0.15, 0.2) is 0 Å². The highest BCUT2D eigenvalue weighted by atomic mass is 16.2. The van der Waals surface area contributed by atoms with Gasteiger partial charge in [-0.15, -0.1) is 0 Å². The minimum absolute atomic E-state index is 0.228. The summed E-state index contributed by atoms with van der Waals surface area (Å²) in [7, 11) is 0. The summed E-state index contributed by atoms with van der Waals surface area (Å²) >= 11 is 0. The number of benzene rings is 1. The lowest BCUT2D eigenvalue weighted by atomic mass is 10.1. The summed E-state index contributed by atoms with van der Waals surface area (Å²) in [4.78, 5) is 48.8. The first-order valence-corrected chi connectivity index (χ1v) is 7.40. The van der Waals surface area contributed by atoms with Gasteiger partial charge in [0.2, 0.25) is 11.8 Å². The topological polar surface area (TPSA) is 83.6 Å². The lowest BCUT2D eigenvalue weighted by Crippen LogP contribution is -2.49. The molecule has 6 nitrogen and oxygen atoms in total. The average molecular weight is 302 g/mol. The Bertz CT molecular complexity index is 604. The van der Waals surface area contributed by atoms with Crippen LogP contribution in [0.3, 0.4) is 0 Å². The number of carbonyl (C=O) groups is 4. The Kier molecular flexibility index (Phi) is 4.70. The largest absolute Gasteiger partial charge is 0.295 e. The molecule has 116 valence electrons. The third-order valence-corrected chi connectivity index (χ3v) is 3.58. The molecular weight excluding hydrogens is 284 g/mol.